The van der Waals surface area contributed by atoms with Crippen LogP contribution in [0.15, 0.2) is 30.3 Å². The molecule has 1 N–H and O–H groups in total. The van der Waals surface area contributed by atoms with E-state index >= 15 is 0 Å². The first-order valence-electron chi connectivity index (χ1n) is 4.47. The lowest BCUT2D eigenvalue weighted by molar-refractivity contribution is -0.117. The summed E-state index contributed by atoms with van der Waals surface area (Å²) < 4.78 is 0. The number of rotatable bonds is 2. The molecular formula is C11H9NO3. The second kappa shape index (κ2) is 3.57. The van der Waals surface area contributed by atoms with E-state index in [1.54, 1.807) is 6.08 Å². The first kappa shape index (κ1) is 9.45. The number of carbonyl (C=O) groups excluding carboxylic acids is 1. The van der Waals surface area contributed by atoms with E-state index < -0.39 is 12.1 Å². The maximum Gasteiger partial charge on any atom is 0.414 e. The van der Waals surface area contributed by atoms with Gasteiger partial charge in [-0.2, -0.15) is 0 Å². The summed E-state index contributed by atoms with van der Waals surface area (Å²) in [5.74, 6) is 0. The highest BCUT2D eigenvalue weighted by atomic mass is 16.4. The molecular weight excluding hydrogens is 194 g/mol. The number of carboxylic acid groups (broad SMARTS) is 1. The van der Waals surface area contributed by atoms with E-state index in [4.69, 9.17) is 5.11 Å². The van der Waals surface area contributed by atoms with Gasteiger partial charge in [0.15, 0.2) is 0 Å². The van der Waals surface area contributed by atoms with Crippen LogP contribution in [0.25, 0.3) is 6.08 Å². The minimum absolute atomic E-state index is 0.333. The zero-order valence-corrected chi connectivity index (χ0v) is 7.83. The molecule has 76 valence electrons. The van der Waals surface area contributed by atoms with Gasteiger partial charge in [-0.3, -0.25) is 4.79 Å². The van der Waals surface area contributed by atoms with Crippen LogP contribution in [0.5, 0.6) is 0 Å². The van der Waals surface area contributed by atoms with Gasteiger partial charge in [0.2, 0.25) is 6.41 Å². The van der Waals surface area contributed by atoms with Crippen molar-refractivity contribution >= 4 is 18.6 Å². The Morgan fingerprint density at radius 2 is 2.13 bits per heavy atom. The van der Waals surface area contributed by atoms with E-state index in [2.05, 4.69) is 0 Å². The van der Waals surface area contributed by atoms with Crippen LogP contribution in [0, 0.1) is 0 Å². The van der Waals surface area contributed by atoms with Crippen molar-refractivity contribution in [2.24, 2.45) is 0 Å². The van der Waals surface area contributed by atoms with Gasteiger partial charge in [-0.1, -0.05) is 36.4 Å². The van der Waals surface area contributed by atoms with Gasteiger partial charge >= 0.3 is 6.09 Å². The van der Waals surface area contributed by atoms with E-state index in [-0.39, 0.29) is 0 Å². The van der Waals surface area contributed by atoms with Crippen molar-refractivity contribution in [2.45, 2.75) is 6.04 Å². The number of hydrogen-bond donors (Lipinski definition) is 1. The Labute approximate surface area is 86.4 Å². The van der Waals surface area contributed by atoms with Crippen LogP contribution in [0.4, 0.5) is 4.79 Å². The van der Waals surface area contributed by atoms with E-state index in [1.165, 1.54) is 0 Å². The third kappa shape index (κ3) is 1.50. The van der Waals surface area contributed by atoms with Crippen molar-refractivity contribution in [1.29, 1.82) is 0 Å². The number of hydrogen-bond acceptors (Lipinski definition) is 2. The molecule has 0 aliphatic heterocycles. The minimum Gasteiger partial charge on any atom is -0.465 e. The molecule has 0 spiro atoms. The summed E-state index contributed by atoms with van der Waals surface area (Å²) in [4.78, 5) is 22.2. The van der Waals surface area contributed by atoms with Gasteiger partial charge < -0.3 is 5.11 Å². The fraction of sp³-hybridized carbons (Fsp3) is 0.0909. The Kier molecular flexibility index (Phi) is 2.25. The molecule has 4 heteroatoms. The lowest BCUT2D eigenvalue weighted by atomic mass is 10.1. The number of carbonyl (C=O) groups is 2. The predicted octanol–water partition coefficient (Wildman–Crippen LogP) is 1.89. The Bertz CT molecular complexity index is 439. The summed E-state index contributed by atoms with van der Waals surface area (Å²) >= 11 is 0. The largest absolute Gasteiger partial charge is 0.465 e. The zero-order chi connectivity index (χ0) is 10.8. The molecule has 2 amide bonds. The molecule has 0 radical (unpaired) electrons. The van der Waals surface area contributed by atoms with Crippen LogP contribution in [0.2, 0.25) is 0 Å². The minimum atomic E-state index is -1.24. The summed E-state index contributed by atoms with van der Waals surface area (Å²) in [6, 6.07) is 6.91. The Morgan fingerprint density at radius 3 is 2.80 bits per heavy atom. The van der Waals surface area contributed by atoms with Crippen molar-refractivity contribution in [3.05, 3.63) is 41.5 Å². The zero-order valence-electron chi connectivity index (χ0n) is 7.83. The van der Waals surface area contributed by atoms with Crippen LogP contribution in [0.1, 0.15) is 17.2 Å². The van der Waals surface area contributed by atoms with Crippen LogP contribution in [-0.2, 0) is 4.79 Å². The monoisotopic (exact) mass is 203 g/mol. The lowest BCUT2D eigenvalue weighted by Crippen LogP contribution is -2.30. The first-order valence-corrected chi connectivity index (χ1v) is 4.47. The van der Waals surface area contributed by atoms with Crippen LogP contribution >= 0.6 is 0 Å². The maximum atomic E-state index is 10.8. The summed E-state index contributed by atoms with van der Waals surface area (Å²) in [5, 5.41) is 8.82. The van der Waals surface area contributed by atoms with Crippen molar-refractivity contribution in [1.82, 2.24) is 4.90 Å². The standard InChI is InChI=1S/C11H9NO3/c13-7-12(11(14)15)10-6-5-8-3-1-2-4-9(8)10/h1-7,10H,(H,14,15). The first-order chi connectivity index (χ1) is 7.24. The maximum absolute atomic E-state index is 10.8. The molecule has 0 fully saturated rings. The van der Waals surface area contributed by atoms with Crippen molar-refractivity contribution in [2.75, 3.05) is 0 Å². The lowest BCUT2D eigenvalue weighted by Gasteiger charge is -2.19. The number of amides is 2. The highest BCUT2D eigenvalue weighted by molar-refractivity contribution is 5.81. The van der Waals surface area contributed by atoms with Gasteiger partial charge in [0.1, 0.15) is 0 Å². The molecule has 0 bridgehead atoms. The Balaban J connectivity index is 2.38. The molecule has 1 aliphatic carbocycles. The molecule has 0 saturated carbocycles. The summed E-state index contributed by atoms with van der Waals surface area (Å²) in [5.41, 5.74) is 1.79. The highest BCUT2D eigenvalue weighted by Gasteiger charge is 2.26. The summed E-state index contributed by atoms with van der Waals surface area (Å²) in [7, 11) is 0. The normalized spacial score (nSPS) is 17.2. The van der Waals surface area contributed by atoms with Crippen LogP contribution in [0.3, 0.4) is 0 Å². The van der Waals surface area contributed by atoms with Gasteiger partial charge in [-0.25, -0.2) is 9.69 Å². The van der Waals surface area contributed by atoms with Gasteiger partial charge in [0.25, 0.3) is 0 Å². The number of benzene rings is 1. The van der Waals surface area contributed by atoms with E-state index in [0.717, 1.165) is 16.0 Å². The van der Waals surface area contributed by atoms with Crippen molar-refractivity contribution in [3.8, 4) is 0 Å². The molecule has 1 aromatic rings. The molecule has 2 rings (SSSR count). The topological polar surface area (TPSA) is 57.6 Å². The van der Waals surface area contributed by atoms with E-state index in [1.807, 2.05) is 30.3 Å². The average molecular weight is 203 g/mol. The van der Waals surface area contributed by atoms with Gasteiger partial charge in [-0.15, -0.1) is 0 Å². The fourth-order valence-corrected chi connectivity index (χ4v) is 1.70. The van der Waals surface area contributed by atoms with Crippen LogP contribution < -0.4 is 0 Å². The van der Waals surface area contributed by atoms with Crippen molar-refractivity contribution < 1.29 is 14.7 Å². The third-order valence-corrected chi connectivity index (χ3v) is 2.41. The van der Waals surface area contributed by atoms with E-state index in [9.17, 15) is 9.59 Å². The third-order valence-electron chi connectivity index (χ3n) is 2.41. The Morgan fingerprint density at radius 1 is 1.40 bits per heavy atom. The molecule has 0 saturated heterocycles. The molecule has 1 aromatic carbocycles. The molecule has 0 heterocycles. The number of nitrogens with zero attached hydrogens (tertiary/aromatic N) is 1. The van der Waals surface area contributed by atoms with Crippen molar-refractivity contribution in [3.63, 3.8) is 0 Å². The van der Waals surface area contributed by atoms with Gasteiger partial charge in [0.05, 0.1) is 6.04 Å². The highest BCUT2D eigenvalue weighted by Crippen LogP contribution is 2.31. The second-order valence-corrected chi connectivity index (χ2v) is 3.23. The fourth-order valence-electron chi connectivity index (χ4n) is 1.70. The smallest absolute Gasteiger partial charge is 0.414 e. The molecule has 4 nitrogen and oxygen atoms in total. The summed E-state index contributed by atoms with van der Waals surface area (Å²) in [6.45, 7) is 0. The number of imide groups is 1. The molecule has 1 atom stereocenters. The molecule has 15 heavy (non-hydrogen) atoms. The molecule has 0 aromatic heterocycles. The summed E-state index contributed by atoms with van der Waals surface area (Å²) in [6.07, 6.45) is 2.61. The quantitative estimate of drug-likeness (QED) is 0.746. The Hall–Kier alpha value is -2.10. The van der Waals surface area contributed by atoms with E-state index in [0.29, 0.717) is 6.41 Å². The number of fused-ring (bicyclic) bond motifs is 1. The predicted molar refractivity (Wildman–Crippen MR) is 54.1 cm³/mol. The average Bonchev–Trinajstić information content (AvgIpc) is 2.63. The molecule has 1 aliphatic rings. The van der Waals surface area contributed by atoms with Crippen LogP contribution in [-0.4, -0.2) is 22.5 Å². The second-order valence-electron chi connectivity index (χ2n) is 3.23. The van der Waals surface area contributed by atoms with Gasteiger partial charge in [-0.05, 0) is 11.1 Å². The van der Waals surface area contributed by atoms with Gasteiger partial charge in [0, 0.05) is 0 Å². The SMILES string of the molecule is O=CN(C(=O)O)C1C=Cc2ccccc21. The molecule has 1 unspecified atom stereocenters.